The van der Waals surface area contributed by atoms with Crippen molar-refractivity contribution in [3.05, 3.63) is 35.9 Å². The highest BCUT2D eigenvalue weighted by Gasteiger charge is 2.22. The van der Waals surface area contributed by atoms with Crippen molar-refractivity contribution < 1.29 is 9.59 Å². The maximum Gasteiger partial charge on any atom is 0.244 e. The zero-order chi connectivity index (χ0) is 15.3. The number of nitrogens with two attached hydrogens (primary N) is 1. The van der Waals surface area contributed by atoms with Crippen LogP contribution in [0.15, 0.2) is 30.3 Å². The number of likely N-dealkylation sites (N-methyl/N-ethyl adjacent to an activating group) is 1. The summed E-state index contributed by atoms with van der Waals surface area (Å²) in [5.74, 6) is -0.478. The summed E-state index contributed by atoms with van der Waals surface area (Å²) in [4.78, 5) is 25.3. The van der Waals surface area contributed by atoms with Crippen molar-refractivity contribution in [1.82, 2.24) is 10.2 Å². The van der Waals surface area contributed by atoms with Crippen molar-refractivity contribution in [2.24, 2.45) is 5.73 Å². The molecule has 0 saturated heterocycles. The predicted octanol–water partition coefficient (Wildman–Crippen LogP) is 1.06. The minimum absolute atomic E-state index is 0.00334. The van der Waals surface area contributed by atoms with E-state index in [9.17, 15) is 9.59 Å². The van der Waals surface area contributed by atoms with Crippen molar-refractivity contribution >= 4 is 11.8 Å². The van der Waals surface area contributed by atoms with Gasteiger partial charge in [-0.05, 0) is 26.3 Å². The molecule has 0 fully saturated rings. The molecule has 2 amide bonds. The van der Waals surface area contributed by atoms with Crippen LogP contribution in [0.1, 0.15) is 32.4 Å². The van der Waals surface area contributed by atoms with Crippen LogP contribution in [0.4, 0.5) is 0 Å². The highest BCUT2D eigenvalue weighted by Crippen LogP contribution is 2.12. The van der Waals surface area contributed by atoms with E-state index in [-0.39, 0.29) is 23.9 Å². The number of nitrogens with one attached hydrogen (secondary N) is 1. The molecule has 0 aliphatic carbocycles. The second-order valence-electron chi connectivity index (χ2n) is 5.88. The van der Waals surface area contributed by atoms with Crippen LogP contribution in [-0.2, 0) is 9.59 Å². The summed E-state index contributed by atoms with van der Waals surface area (Å²) in [6, 6.07) is 8.37. The third-order valence-electron chi connectivity index (χ3n) is 2.70. The molecule has 1 atom stereocenters. The van der Waals surface area contributed by atoms with Gasteiger partial charge in [0.2, 0.25) is 11.8 Å². The smallest absolute Gasteiger partial charge is 0.244 e. The first kappa shape index (κ1) is 16.2. The molecule has 1 rings (SSSR count). The average molecular weight is 277 g/mol. The third kappa shape index (κ3) is 5.01. The molecule has 0 aliphatic rings. The van der Waals surface area contributed by atoms with E-state index < -0.39 is 6.04 Å². The first-order valence-corrected chi connectivity index (χ1v) is 6.57. The third-order valence-corrected chi connectivity index (χ3v) is 2.70. The Morgan fingerprint density at radius 2 is 1.80 bits per heavy atom. The van der Waals surface area contributed by atoms with Crippen LogP contribution in [0.5, 0.6) is 0 Å². The molecule has 0 heterocycles. The molecule has 0 spiro atoms. The normalized spacial score (nSPS) is 12.7. The average Bonchev–Trinajstić information content (AvgIpc) is 2.35. The topological polar surface area (TPSA) is 75.4 Å². The second-order valence-corrected chi connectivity index (χ2v) is 5.88. The molecular formula is C15H23N3O2. The lowest BCUT2D eigenvalue weighted by molar-refractivity contribution is -0.136. The Kier molecular flexibility index (Phi) is 5.27. The number of rotatable bonds is 4. The number of hydrogen-bond acceptors (Lipinski definition) is 3. The predicted molar refractivity (Wildman–Crippen MR) is 78.9 cm³/mol. The fourth-order valence-corrected chi connectivity index (χ4v) is 1.79. The Balaban J connectivity index is 2.61. The van der Waals surface area contributed by atoms with Crippen molar-refractivity contribution in [2.45, 2.75) is 32.4 Å². The van der Waals surface area contributed by atoms with Crippen LogP contribution in [0.2, 0.25) is 0 Å². The van der Waals surface area contributed by atoms with Crippen molar-refractivity contribution in [3.63, 3.8) is 0 Å². The molecule has 20 heavy (non-hydrogen) atoms. The molecule has 1 aromatic carbocycles. The summed E-state index contributed by atoms with van der Waals surface area (Å²) in [5, 5.41) is 2.81. The van der Waals surface area contributed by atoms with Gasteiger partial charge in [-0.2, -0.15) is 0 Å². The summed E-state index contributed by atoms with van der Waals surface area (Å²) in [6.07, 6.45) is 0. The molecule has 0 saturated carbocycles. The van der Waals surface area contributed by atoms with Crippen molar-refractivity contribution in [1.29, 1.82) is 0 Å². The summed E-state index contributed by atoms with van der Waals surface area (Å²) in [6.45, 7) is 5.67. The van der Waals surface area contributed by atoms with Crippen LogP contribution in [-0.4, -0.2) is 35.8 Å². The highest BCUT2D eigenvalue weighted by atomic mass is 16.2. The molecule has 0 radical (unpaired) electrons. The zero-order valence-electron chi connectivity index (χ0n) is 12.5. The number of carbonyl (C=O) groups is 2. The molecule has 0 bridgehead atoms. The Bertz CT molecular complexity index is 466. The van der Waals surface area contributed by atoms with E-state index in [4.69, 9.17) is 5.73 Å². The van der Waals surface area contributed by atoms with Gasteiger partial charge in [0, 0.05) is 12.6 Å². The Hall–Kier alpha value is -1.88. The molecule has 3 N–H and O–H groups in total. The molecule has 5 heteroatoms. The van der Waals surface area contributed by atoms with Crippen molar-refractivity contribution in [3.8, 4) is 0 Å². The van der Waals surface area contributed by atoms with E-state index in [1.165, 1.54) is 4.90 Å². The number of hydrogen-bond donors (Lipinski definition) is 2. The lowest BCUT2D eigenvalue weighted by Crippen LogP contribution is -2.47. The fraction of sp³-hybridized carbons (Fsp3) is 0.467. The van der Waals surface area contributed by atoms with Gasteiger partial charge in [0.05, 0.1) is 6.54 Å². The quantitative estimate of drug-likeness (QED) is 0.864. The van der Waals surface area contributed by atoms with E-state index >= 15 is 0 Å². The largest absolute Gasteiger partial charge is 0.350 e. The monoisotopic (exact) mass is 277 g/mol. The summed E-state index contributed by atoms with van der Waals surface area (Å²) >= 11 is 0. The van der Waals surface area contributed by atoms with E-state index in [2.05, 4.69) is 5.32 Å². The van der Waals surface area contributed by atoms with Gasteiger partial charge in [0.1, 0.15) is 6.04 Å². The SMILES string of the molecule is CN(CC(=O)NC(C)(C)C)C(=O)C(N)c1ccccc1. The minimum atomic E-state index is -0.747. The van der Waals surface area contributed by atoms with E-state index in [0.717, 1.165) is 5.56 Å². The van der Waals surface area contributed by atoms with Gasteiger partial charge in [-0.15, -0.1) is 0 Å². The summed E-state index contributed by atoms with van der Waals surface area (Å²) < 4.78 is 0. The molecule has 1 aromatic rings. The van der Waals surface area contributed by atoms with Crippen LogP contribution >= 0.6 is 0 Å². The number of amides is 2. The standard InChI is InChI=1S/C15H23N3O2/c1-15(2,3)17-12(19)10-18(4)14(20)13(16)11-8-6-5-7-9-11/h5-9,13H,10,16H2,1-4H3,(H,17,19). The van der Waals surface area contributed by atoms with Crippen LogP contribution in [0.3, 0.4) is 0 Å². The minimum Gasteiger partial charge on any atom is -0.350 e. The van der Waals surface area contributed by atoms with Gasteiger partial charge in [-0.3, -0.25) is 9.59 Å². The Morgan fingerprint density at radius 1 is 1.25 bits per heavy atom. The second kappa shape index (κ2) is 6.52. The zero-order valence-corrected chi connectivity index (χ0v) is 12.5. The van der Waals surface area contributed by atoms with Crippen LogP contribution in [0.25, 0.3) is 0 Å². The van der Waals surface area contributed by atoms with E-state index in [0.29, 0.717) is 0 Å². The fourth-order valence-electron chi connectivity index (χ4n) is 1.79. The number of carbonyl (C=O) groups excluding carboxylic acids is 2. The molecule has 110 valence electrons. The summed E-state index contributed by atoms with van der Waals surface area (Å²) in [5.41, 5.74) is 6.34. The lowest BCUT2D eigenvalue weighted by atomic mass is 10.1. The lowest BCUT2D eigenvalue weighted by Gasteiger charge is -2.25. The van der Waals surface area contributed by atoms with Gasteiger partial charge in [-0.25, -0.2) is 0 Å². The maximum atomic E-state index is 12.2. The molecule has 1 unspecified atom stereocenters. The summed E-state index contributed by atoms with van der Waals surface area (Å²) in [7, 11) is 1.58. The van der Waals surface area contributed by atoms with Crippen LogP contribution < -0.4 is 11.1 Å². The van der Waals surface area contributed by atoms with Crippen LogP contribution in [0, 0.1) is 0 Å². The molecular weight excluding hydrogens is 254 g/mol. The van der Waals surface area contributed by atoms with Crippen molar-refractivity contribution in [2.75, 3.05) is 13.6 Å². The van der Waals surface area contributed by atoms with Gasteiger partial charge < -0.3 is 16.0 Å². The Labute approximate surface area is 120 Å². The molecule has 5 nitrogen and oxygen atoms in total. The van der Waals surface area contributed by atoms with Gasteiger partial charge in [0.25, 0.3) is 0 Å². The number of nitrogens with zero attached hydrogens (tertiary/aromatic N) is 1. The van der Waals surface area contributed by atoms with E-state index in [1.807, 2.05) is 39.0 Å². The van der Waals surface area contributed by atoms with E-state index in [1.54, 1.807) is 19.2 Å². The van der Waals surface area contributed by atoms with Gasteiger partial charge in [-0.1, -0.05) is 30.3 Å². The first-order chi connectivity index (χ1) is 9.20. The number of benzene rings is 1. The molecule has 0 aliphatic heterocycles. The first-order valence-electron chi connectivity index (χ1n) is 6.57. The highest BCUT2D eigenvalue weighted by molar-refractivity contribution is 5.88. The maximum absolute atomic E-state index is 12.2. The Morgan fingerprint density at radius 3 is 2.30 bits per heavy atom. The molecule has 0 aromatic heterocycles. The van der Waals surface area contributed by atoms with Gasteiger partial charge >= 0.3 is 0 Å². The van der Waals surface area contributed by atoms with Gasteiger partial charge in [0.15, 0.2) is 0 Å².